The van der Waals surface area contributed by atoms with Crippen LogP contribution in [-0.2, 0) is 6.42 Å². The Morgan fingerprint density at radius 1 is 0.955 bits per heavy atom. The van der Waals surface area contributed by atoms with Gasteiger partial charge in [-0.3, -0.25) is 0 Å². The highest BCUT2D eigenvalue weighted by atomic mass is 16.5. The van der Waals surface area contributed by atoms with Gasteiger partial charge in [0.15, 0.2) is 0 Å². The fourth-order valence-corrected chi connectivity index (χ4v) is 2.67. The van der Waals surface area contributed by atoms with E-state index in [4.69, 9.17) is 4.74 Å². The van der Waals surface area contributed by atoms with Crippen LogP contribution in [-0.4, -0.2) is 12.6 Å². The Kier molecular flexibility index (Phi) is 6.47. The fraction of sp³-hybridized carbons (Fsp3) is 0.400. The van der Waals surface area contributed by atoms with Gasteiger partial charge < -0.3 is 10.1 Å². The van der Waals surface area contributed by atoms with Gasteiger partial charge in [0.2, 0.25) is 0 Å². The Labute approximate surface area is 134 Å². The zero-order valence-corrected chi connectivity index (χ0v) is 13.9. The molecule has 22 heavy (non-hydrogen) atoms. The first-order valence-corrected chi connectivity index (χ1v) is 8.21. The third-order valence-corrected chi connectivity index (χ3v) is 3.69. The molecule has 0 bridgehead atoms. The van der Waals surface area contributed by atoms with E-state index in [0.717, 1.165) is 18.6 Å². The van der Waals surface area contributed by atoms with E-state index < -0.39 is 0 Å². The number of hydrogen-bond donors (Lipinski definition) is 1. The van der Waals surface area contributed by atoms with Crippen molar-refractivity contribution in [3.8, 4) is 5.75 Å². The predicted molar refractivity (Wildman–Crippen MR) is 93.4 cm³/mol. The van der Waals surface area contributed by atoms with Crippen molar-refractivity contribution >= 4 is 0 Å². The molecule has 2 aromatic carbocycles. The Hall–Kier alpha value is -1.80. The lowest BCUT2D eigenvalue weighted by Gasteiger charge is -2.22. The predicted octanol–water partition coefficient (Wildman–Crippen LogP) is 4.76. The molecular formula is C20H27NO. The summed E-state index contributed by atoms with van der Waals surface area (Å²) in [6.45, 7) is 7.12. The second-order valence-corrected chi connectivity index (χ2v) is 5.90. The number of nitrogens with one attached hydrogen (secondary N) is 1. The van der Waals surface area contributed by atoms with Crippen molar-refractivity contribution in [3.05, 3.63) is 65.7 Å². The fourth-order valence-electron chi connectivity index (χ4n) is 2.67. The van der Waals surface area contributed by atoms with Crippen molar-refractivity contribution in [2.24, 2.45) is 0 Å². The maximum atomic E-state index is 5.53. The normalized spacial score (nSPS) is 12.4. The van der Waals surface area contributed by atoms with E-state index in [1.54, 1.807) is 0 Å². The van der Waals surface area contributed by atoms with Crippen LogP contribution in [0.15, 0.2) is 54.6 Å². The van der Waals surface area contributed by atoms with E-state index in [2.05, 4.69) is 73.8 Å². The number of hydrogen-bond acceptors (Lipinski definition) is 2. The van der Waals surface area contributed by atoms with E-state index in [0.29, 0.717) is 18.7 Å². The molecule has 0 aliphatic carbocycles. The third kappa shape index (κ3) is 5.19. The van der Waals surface area contributed by atoms with Crippen molar-refractivity contribution in [2.45, 2.75) is 45.7 Å². The van der Waals surface area contributed by atoms with Gasteiger partial charge in [-0.05, 0) is 43.0 Å². The lowest BCUT2D eigenvalue weighted by atomic mass is 9.98. The lowest BCUT2D eigenvalue weighted by Crippen LogP contribution is -2.28. The minimum absolute atomic E-state index is 0.371. The van der Waals surface area contributed by atoms with E-state index in [1.807, 2.05) is 6.92 Å². The second-order valence-electron chi connectivity index (χ2n) is 5.90. The Balaban J connectivity index is 2.04. The first-order chi connectivity index (χ1) is 10.7. The molecule has 0 aliphatic rings. The summed E-state index contributed by atoms with van der Waals surface area (Å²) in [5.74, 6) is 0.942. The molecule has 0 heterocycles. The minimum Gasteiger partial charge on any atom is -0.494 e. The van der Waals surface area contributed by atoms with Gasteiger partial charge in [0.25, 0.3) is 0 Å². The molecule has 0 spiro atoms. The third-order valence-electron chi connectivity index (χ3n) is 3.69. The molecular weight excluding hydrogens is 270 g/mol. The molecule has 0 aliphatic heterocycles. The highest BCUT2D eigenvalue weighted by molar-refractivity contribution is 5.29. The van der Waals surface area contributed by atoms with Crippen molar-refractivity contribution in [2.75, 3.05) is 6.61 Å². The first-order valence-electron chi connectivity index (χ1n) is 8.21. The van der Waals surface area contributed by atoms with E-state index in [1.165, 1.54) is 11.1 Å². The van der Waals surface area contributed by atoms with Gasteiger partial charge in [0.1, 0.15) is 5.75 Å². The molecule has 0 fully saturated rings. The number of aryl methyl sites for hydroxylation is 1. The molecule has 118 valence electrons. The summed E-state index contributed by atoms with van der Waals surface area (Å²) in [6, 6.07) is 20.0. The Morgan fingerprint density at radius 3 is 2.23 bits per heavy atom. The molecule has 1 N–H and O–H groups in total. The zero-order chi connectivity index (χ0) is 15.8. The second kappa shape index (κ2) is 8.60. The summed E-state index contributed by atoms with van der Waals surface area (Å²) in [5, 5.41) is 3.68. The van der Waals surface area contributed by atoms with Gasteiger partial charge in [-0.1, -0.05) is 56.3 Å². The van der Waals surface area contributed by atoms with Crippen LogP contribution in [0.2, 0.25) is 0 Å². The van der Waals surface area contributed by atoms with Crippen LogP contribution in [0.3, 0.4) is 0 Å². The highest BCUT2D eigenvalue weighted by Crippen LogP contribution is 2.22. The number of rotatable bonds is 8. The average molecular weight is 297 g/mol. The van der Waals surface area contributed by atoms with Gasteiger partial charge in [-0.15, -0.1) is 0 Å². The summed E-state index contributed by atoms with van der Waals surface area (Å²) < 4.78 is 5.53. The van der Waals surface area contributed by atoms with Crippen molar-refractivity contribution < 1.29 is 4.74 Å². The molecule has 2 aromatic rings. The SMILES string of the molecule is CCOc1ccc(C(CCc2ccccc2)NC(C)C)cc1. The van der Waals surface area contributed by atoms with E-state index in [-0.39, 0.29) is 0 Å². The molecule has 1 unspecified atom stereocenters. The number of ether oxygens (including phenoxy) is 1. The molecule has 0 saturated carbocycles. The largest absolute Gasteiger partial charge is 0.494 e. The molecule has 2 nitrogen and oxygen atoms in total. The topological polar surface area (TPSA) is 21.3 Å². The van der Waals surface area contributed by atoms with Crippen molar-refractivity contribution in [1.82, 2.24) is 5.32 Å². The van der Waals surface area contributed by atoms with Gasteiger partial charge in [-0.2, -0.15) is 0 Å². The summed E-state index contributed by atoms with van der Waals surface area (Å²) in [7, 11) is 0. The molecule has 0 amide bonds. The first kappa shape index (κ1) is 16.6. The van der Waals surface area contributed by atoms with Gasteiger partial charge in [0, 0.05) is 12.1 Å². The number of benzene rings is 2. The molecule has 0 saturated heterocycles. The summed E-state index contributed by atoms with van der Waals surface area (Å²) in [4.78, 5) is 0. The smallest absolute Gasteiger partial charge is 0.119 e. The van der Waals surface area contributed by atoms with Crippen LogP contribution in [0.4, 0.5) is 0 Å². The molecule has 2 rings (SSSR count). The standard InChI is InChI=1S/C20H27NO/c1-4-22-19-13-11-18(12-14-19)20(21-16(2)3)15-10-17-8-6-5-7-9-17/h5-9,11-14,16,20-21H,4,10,15H2,1-3H3. The van der Waals surface area contributed by atoms with Crippen LogP contribution >= 0.6 is 0 Å². The van der Waals surface area contributed by atoms with Crippen LogP contribution in [0.1, 0.15) is 44.4 Å². The zero-order valence-electron chi connectivity index (χ0n) is 13.9. The van der Waals surface area contributed by atoms with Gasteiger partial charge in [0.05, 0.1) is 6.61 Å². The lowest BCUT2D eigenvalue weighted by molar-refractivity contribution is 0.340. The van der Waals surface area contributed by atoms with Crippen LogP contribution in [0.5, 0.6) is 5.75 Å². The Morgan fingerprint density at radius 2 is 1.64 bits per heavy atom. The quantitative estimate of drug-likeness (QED) is 0.758. The summed E-state index contributed by atoms with van der Waals surface area (Å²) in [6.07, 6.45) is 2.18. The Bertz CT molecular complexity index is 533. The molecule has 0 aromatic heterocycles. The van der Waals surface area contributed by atoms with Crippen LogP contribution in [0, 0.1) is 0 Å². The highest BCUT2D eigenvalue weighted by Gasteiger charge is 2.12. The molecule has 1 atom stereocenters. The van der Waals surface area contributed by atoms with Crippen molar-refractivity contribution in [1.29, 1.82) is 0 Å². The van der Waals surface area contributed by atoms with Gasteiger partial charge >= 0.3 is 0 Å². The van der Waals surface area contributed by atoms with Crippen LogP contribution in [0.25, 0.3) is 0 Å². The maximum absolute atomic E-state index is 5.53. The van der Waals surface area contributed by atoms with Crippen molar-refractivity contribution in [3.63, 3.8) is 0 Å². The maximum Gasteiger partial charge on any atom is 0.119 e. The molecule has 0 radical (unpaired) electrons. The monoisotopic (exact) mass is 297 g/mol. The summed E-state index contributed by atoms with van der Waals surface area (Å²) in [5.41, 5.74) is 2.72. The summed E-state index contributed by atoms with van der Waals surface area (Å²) >= 11 is 0. The van der Waals surface area contributed by atoms with E-state index in [9.17, 15) is 0 Å². The van der Waals surface area contributed by atoms with Crippen LogP contribution < -0.4 is 10.1 Å². The van der Waals surface area contributed by atoms with Gasteiger partial charge in [-0.25, -0.2) is 0 Å². The average Bonchev–Trinajstić information content (AvgIpc) is 2.53. The van der Waals surface area contributed by atoms with E-state index >= 15 is 0 Å². The minimum atomic E-state index is 0.371. The molecule has 2 heteroatoms.